The molecule has 2 N–H and O–H groups in total. The van der Waals surface area contributed by atoms with E-state index in [2.05, 4.69) is 21.7 Å². The third kappa shape index (κ3) is 5.60. The van der Waals surface area contributed by atoms with Gasteiger partial charge in [0.1, 0.15) is 5.75 Å². The van der Waals surface area contributed by atoms with E-state index >= 15 is 0 Å². The largest absolute Gasteiger partial charge is 0.493 e. The predicted octanol–water partition coefficient (Wildman–Crippen LogP) is 3.79. The Morgan fingerprint density at radius 1 is 1.12 bits per heavy atom. The van der Waals surface area contributed by atoms with Gasteiger partial charge in [-0.25, -0.2) is 4.99 Å². The number of nitrogens with one attached hydrogen (secondary N) is 2. The number of benzene rings is 2. The van der Waals surface area contributed by atoms with Gasteiger partial charge in [-0.15, -0.1) is 0 Å². The predicted molar refractivity (Wildman–Crippen MR) is 123 cm³/mol. The summed E-state index contributed by atoms with van der Waals surface area (Å²) in [6, 6.07) is 20.4. The second kappa shape index (κ2) is 10.4. The Morgan fingerprint density at radius 3 is 2.72 bits per heavy atom. The fourth-order valence-electron chi connectivity index (χ4n) is 3.56. The molecule has 1 aliphatic rings. The lowest BCUT2D eigenvalue weighted by Crippen LogP contribution is -2.42. The minimum Gasteiger partial charge on any atom is -0.493 e. The van der Waals surface area contributed by atoms with E-state index < -0.39 is 4.92 Å². The molecule has 1 aliphatic heterocycles. The molecule has 2 aromatic carbocycles. The second-order valence-corrected chi connectivity index (χ2v) is 7.46. The molecule has 0 bridgehead atoms. The number of non-ortho nitro benzene ring substituents is 1. The van der Waals surface area contributed by atoms with Crippen LogP contribution in [-0.4, -0.2) is 29.0 Å². The van der Waals surface area contributed by atoms with Gasteiger partial charge in [0, 0.05) is 49.0 Å². The van der Waals surface area contributed by atoms with Crippen molar-refractivity contribution in [2.75, 3.05) is 13.2 Å². The number of fused-ring (bicyclic) bond motifs is 1. The summed E-state index contributed by atoms with van der Waals surface area (Å²) in [6.45, 7) is 1.72. The molecule has 0 radical (unpaired) electrons. The van der Waals surface area contributed by atoms with E-state index in [1.54, 1.807) is 18.3 Å². The molecule has 3 aromatic rings. The van der Waals surface area contributed by atoms with Crippen molar-refractivity contribution >= 4 is 11.6 Å². The Labute approximate surface area is 186 Å². The Balaban J connectivity index is 1.47. The van der Waals surface area contributed by atoms with Gasteiger partial charge in [0.25, 0.3) is 5.69 Å². The molecule has 0 amide bonds. The van der Waals surface area contributed by atoms with Crippen LogP contribution < -0.4 is 15.4 Å². The molecule has 1 unspecified atom stereocenters. The molecule has 0 saturated heterocycles. The number of nitro groups is 1. The first-order chi connectivity index (χ1) is 15.7. The summed E-state index contributed by atoms with van der Waals surface area (Å²) in [6.07, 6.45) is 3.38. The molecule has 164 valence electrons. The first-order valence-electron chi connectivity index (χ1n) is 10.6. The number of hydrogen-bond donors (Lipinski definition) is 2. The Bertz CT molecular complexity index is 1070. The lowest BCUT2D eigenvalue weighted by molar-refractivity contribution is -0.384. The van der Waals surface area contributed by atoms with Crippen molar-refractivity contribution in [2.24, 2.45) is 4.99 Å². The van der Waals surface area contributed by atoms with Crippen LogP contribution in [0.1, 0.15) is 29.3 Å². The number of pyridine rings is 1. The van der Waals surface area contributed by atoms with Crippen LogP contribution in [0.15, 0.2) is 77.9 Å². The van der Waals surface area contributed by atoms with Gasteiger partial charge in [-0.3, -0.25) is 15.1 Å². The highest BCUT2D eigenvalue weighted by atomic mass is 16.6. The quantitative estimate of drug-likeness (QED) is 0.255. The summed E-state index contributed by atoms with van der Waals surface area (Å²) in [5.41, 5.74) is 3.08. The van der Waals surface area contributed by atoms with Crippen molar-refractivity contribution in [3.8, 4) is 5.75 Å². The maximum absolute atomic E-state index is 10.9. The zero-order chi connectivity index (χ0) is 22.2. The smallest absolute Gasteiger partial charge is 0.269 e. The van der Waals surface area contributed by atoms with Gasteiger partial charge < -0.3 is 15.4 Å². The van der Waals surface area contributed by atoms with Crippen LogP contribution in [0, 0.1) is 10.1 Å². The van der Waals surface area contributed by atoms with Crippen molar-refractivity contribution in [1.29, 1.82) is 0 Å². The third-order valence-corrected chi connectivity index (χ3v) is 5.24. The van der Waals surface area contributed by atoms with Crippen LogP contribution in [0.5, 0.6) is 5.75 Å². The summed E-state index contributed by atoms with van der Waals surface area (Å²) < 4.78 is 5.77. The number of nitrogens with zero attached hydrogens (tertiary/aromatic N) is 3. The van der Waals surface area contributed by atoms with Gasteiger partial charge in [-0.05, 0) is 23.8 Å². The fraction of sp³-hybridized carbons (Fsp3) is 0.250. The van der Waals surface area contributed by atoms with Crippen molar-refractivity contribution in [3.05, 3.63) is 99.9 Å². The molecule has 2 heterocycles. The zero-order valence-electron chi connectivity index (χ0n) is 17.6. The first kappa shape index (κ1) is 21.3. The van der Waals surface area contributed by atoms with Gasteiger partial charge in [0.2, 0.25) is 0 Å². The minimum absolute atomic E-state index is 0.0726. The maximum Gasteiger partial charge on any atom is 0.269 e. The highest BCUT2D eigenvalue weighted by molar-refractivity contribution is 5.80. The van der Waals surface area contributed by atoms with Crippen molar-refractivity contribution in [2.45, 2.75) is 25.4 Å². The molecular weight excluding hydrogens is 406 g/mol. The molecule has 1 atom stereocenters. The molecule has 1 aromatic heterocycles. The van der Waals surface area contributed by atoms with E-state index in [1.807, 2.05) is 36.4 Å². The molecule has 4 rings (SSSR count). The summed E-state index contributed by atoms with van der Waals surface area (Å²) in [4.78, 5) is 19.6. The van der Waals surface area contributed by atoms with Crippen molar-refractivity contribution in [1.82, 2.24) is 15.6 Å². The Morgan fingerprint density at radius 2 is 1.94 bits per heavy atom. The first-order valence-corrected chi connectivity index (χ1v) is 10.6. The summed E-state index contributed by atoms with van der Waals surface area (Å²) in [5, 5.41) is 17.8. The van der Waals surface area contributed by atoms with Crippen LogP contribution >= 0.6 is 0 Å². The van der Waals surface area contributed by atoms with E-state index in [4.69, 9.17) is 9.73 Å². The molecule has 0 fully saturated rings. The molecule has 0 aliphatic carbocycles. The Hall–Kier alpha value is -3.94. The van der Waals surface area contributed by atoms with E-state index in [0.717, 1.165) is 35.4 Å². The van der Waals surface area contributed by atoms with Gasteiger partial charge in [-0.2, -0.15) is 0 Å². The summed E-state index contributed by atoms with van der Waals surface area (Å²) >= 11 is 0. The maximum atomic E-state index is 10.9. The van der Waals surface area contributed by atoms with Gasteiger partial charge in [0.15, 0.2) is 5.96 Å². The molecule has 8 heteroatoms. The highest BCUT2D eigenvalue weighted by Gasteiger charge is 2.21. The van der Waals surface area contributed by atoms with Crippen LogP contribution in [0.25, 0.3) is 0 Å². The van der Waals surface area contributed by atoms with Crippen LogP contribution in [0.2, 0.25) is 0 Å². The average molecular weight is 431 g/mol. The number of rotatable bonds is 7. The standard InChI is InChI=1S/C24H25N5O3/c30-29(31)20-10-8-18(9-11-20)17-27-24(26-15-12-19-5-3-4-14-25-19)28-22-13-16-32-23-7-2-1-6-21(22)23/h1-11,14,22H,12-13,15-17H2,(H2,26,27,28). The molecule has 0 saturated carbocycles. The van der Waals surface area contributed by atoms with Crippen LogP contribution in [0.3, 0.4) is 0 Å². The average Bonchev–Trinajstić information content (AvgIpc) is 2.83. The number of ether oxygens (including phenoxy) is 1. The van der Waals surface area contributed by atoms with Gasteiger partial charge in [-0.1, -0.05) is 36.4 Å². The van der Waals surface area contributed by atoms with E-state index in [1.165, 1.54) is 12.1 Å². The Kier molecular flexibility index (Phi) is 6.91. The van der Waals surface area contributed by atoms with E-state index in [0.29, 0.717) is 25.7 Å². The van der Waals surface area contributed by atoms with Crippen LogP contribution in [-0.2, 0) is 13.0 Å². The van der Waals surface area contributed by atoms with Crippen molar-refractivity contribution < 1.29 is 9.66 Å². The number of guanidine groups is 1. The number of para-hydroxylation sites is 1. The highest BCUT2D eigenvalue weighted by Crippen LogP contribution is 2.31. The van der Waals surface area contributed by atoms with Gasteiger partial charge in [0.05, 0.1) is 24.1 Å². The summed E-state index contributed by atoms with van der Waals surface area (Å²) in [7, 11) is 0. The second-order valence-electron chi connectivity index (χ2n) is 7.46. The number of aliphatic imine (C=N–C) groups is 1. The van der Waals surface area contributed by atoms with E-state index in [-0.39, 0.29) is 11.7 Å². The molecular formula is C24H25N5O3. The summed E-state index contributed by atoms with van der Waals surface area (Å²) in [5.74, 6) is 1.57. The topological polar surface area (TPSA) is 102 Å². The number of hydrogen-bond acceptors (Lipinski definition) is 5. The zero-order valence-corrected chi connectivity index (χ0v) is 17.6. The SMILES string of the molecule is O=[N+]([O-])c1ccc(CN=C(NCCc2ccccn2)NC2CCOc3ccccc32)cc1. The minimum atomic E-state index is -0.401. The van der Waals surface area contributed by atoms with Crippen LogP contribution in [0.4, 0.5) is 5.69 Å². The normalized spacial score (nSPS) is 15.4. The molecule has 0 spiro atoms. The van der Waals surface area contributed by atoms with Gasteiger partial charge >= 0.3 is 0 Å². The molecule has 32 heavy (non-hydrogen) atoms. The van der Waals surface area contributed by atoms with E-state index in [9.17, 15) is 10.1 Å². The van der Waals surface area contributed by atoms with Crippen molar-refractivity contribution in [3.63, 3.8) is 0 Å². The fourth-order valence-corrected chi connectivity index (χ4v) is 3.56. The molecule has 8 nitrogen and oxygen atoms in total. The number of nitro benzene ring substituents is 1. The lowest BCUT2D eigenvalue weighted by atomic mass is 10.0. The number of aromatic nitrogens is 1. The monoisotopic (exact) mass is 431 g/mol. The third-order valence-electron chi connectivity index (χ3n) is 5.24. The lowest BCUT2D eigenvalue weighted by Gasteiger charge is -2.28.